The molecule has 0 spiro atoms. The summed E-state index contributed by atoms with van der Waals surface area (Å²) in [7, 11) is 0. The average molecular weight is 1170 g/mol. The van der Waals surface area contributed by atoms with Crippen molar-refractivity contribution in [1.29, 1.82) is 0 Å². The Balaban J connectivity index is 1.25. The molecule has 0 unspecified atom stereocenters. The highest BCUT2D eigenvalue weighted by atomic mass is 16.5. The van der Waals surface area contributed by atoms with E-state index in [4.69, 9.17) is 37.9 Å². The third-order valence-corrected chi connectivity index (χ3v) is 15.2. The van der Waals surface area contributed by atoms with Gasteiger partial charge >= 0.3 is 0 Å². The predicted octanol–water partition coefficient (Wildman–Crippen LogP) is 17.2. The number of ether oxygens (including phenoxy) is 8. The van der Waals surface area contributed by atoms with Crippen LogP contribution in [0.15, 0.2) is 247 Å². The summed E-state index contributed by atoms with van der Waals surface area (Å²) in [6, 6.07) is 50.9. The topological polar surface area (TPSA) is 73.8 Å². The van der Waals surface area contributed by atoms with Crippen LogP contribution in [0.4, 0.5) is 0 Å². The lowest BCUT2D eigenvalue weighted by molar-refractivity contribution is 0.348. The molecule has 8 aromatic carbocycles. The second kappa shape index (κ2) is 32.0. The molecule has 0 radical (unpaired) electrons. The monoisotopic (exact) mass is 1170 g/mol. The van der Waals surface area contributed by atoms with Crippen molar-refractivity contribution in [2.24, 2.45) is 0 Å². The van der Waals surface area contributed by atoms with Crippen molar-refractivity contribution in [2.45, 2.75) is 51.4 Å². The molecule has 0 saturated carbocycles. The van der Waals surface area contributed by atoms with Crippen LogP contribution in [0.3, 0.4) is 0 Å². The van der Waals surface area contributed by atoms with Crippen molar-refractivity contribution in [3.63, 3.8) is 0 Å². The second-order valence-corrected chi connectivity index (χ2v) is 21.5. The molecule has 16 bridgehead atoms. The molecule has 1 aliphatic rings. The molecular formula is C80H80O8. The Morgan fingerprint density at radius 3 is 0.352 bits per heavy atom. The van der Waals surface area contributed by atoms with Crippen molar-refractivity contribution in [3.05, 3.63) is 336 Å². The Bertz CT molecular complexity index is 2890. The van der Waals surface area contributed by atoms with Crippen LogP contribution in [-0.4, -0.2) is 52.9 Å². The standard InChI is InChI=1S/C80H80O8/c1-9-41-81-73-57-25-17-26-58(73)50-60-28-19-30-62(75(60)83-43-11-3)52-64-32-21-34-66(77(64)85-45-13-5)54-68-36-23-38-70(79(68)87-47-15-7)56-72-40-24-39-71(80(72)88-48-16-8)55-69-37-22-35-67(78(69)86-46-14-6)53-65-33-20-31-63(76(65)84-44-12-4)51-61-29-18-27-59(49-57)74(61)82-42-10-2/h9-40H,1-8,41-56H2. The average Bonchev–Trinajstić information content (AvgIpc) is 1.87. The molecule has 448 valence electrons. The number of rotatable bonds is 24. The van der Waals surface area contributed by atoms with Crippen molar-refractivity contribution in [1.82, 2.24) is 0 Å². The first kappa shape index (κ1) is 62.6. The van der Waals surface area contributed by atoms with Gasteiger partial charge in [-0.25, -0.2) is 0 Å². The summed E-state index contributed by atoms with van der Waals surface area (Å²) >= 11 is 0. The third-order valence-electron chi connectivity index (χ3n) is 15.2. The maximum absolute atomic E-state index is 6.70. The summed E-state index contributed by atoms with van der Waals surface area (Å²) in [6.45, 7) is 34.8. The molecule has 1 aliphatic carbocycles. The van der Waals surface area contributed by atoms with Crippen molar-refractivity contribution >= 4 is 0 Å². The summed E-state index contributed by atoms with van der Waals surface area (Å²) in [5.41, 5.74) is 16.0. The summed E-state index contributed by atoms with van der Waals surface area (Å²) in [5, 5.41) is 0. The summed E-state index contributed by atoms with van der Waals surface area (Å²) in [5.74, 6) is 6.26. The Morgan fingerprint density at radius 2 is 0.273 bits per heavy atom. The minimum atomic E-state index is 0.315. The number of para-hydroxylation sites is 8. The normalized spacial score (nSPS) is 12.0. The second-order valence-electron chi connectivity index (χ2n) is 21.5. The van der Waals surface area contributed by atoms with E-state index in [9.17, 15) is 0 Å². The van der Waals surface area contributed by atoms with E-state index in [-0.39, 0.29) is 0 Å². The van der Waals surface area contributed by atoms with Crippen LogP contribution in [0.2, 0.25) is 0 Å². The number of hydrogen-bond acceptors (Lipinski definition) is 8. The van der Waals surface area contributed by atoms with Crippen molar-refractivity contribution < 1.29 is 37.9 Å². The van der Waals surface area contributed by atoms with Crippen LogP contribution >= 0.6 is 0 Å². The fourth-order valence-corrected chi connectivity index (χ4v) is 11.6. The fourth-order valence-electron chi connectivity index (χ4n) is 11.6. The third kappa shape index (κ3) is 15.5. The van der Waals surface area contributed by atoms with Crippen LogP contribution in [0.25, 0.3) is 0 Å². The highest BCUT2D eigenvalue weighted by Gasteiger charge is 2.24. The number of hydrogen-bond donors (Lipinski definition) is 0. The van der Waals surface area contributed by atoms with Crippen LogP contribution in [0.1, 0.15) is 89.0 Å². The zero-order chi connectivity index (χ0) is 61.5. The zero-order valence-electron chi connectivity index (χ0n) is 50.7. The van der Waals surface area contributed by atoms with E-state index in [0.29, 0.717) is 104 Å². The van der Waals surface area contributed by atoms with E-state index >= 15 is 0 Å². The molecule has 8 nitrogen and oxygen atoms in total. The van der Waals surface area contributed by atoms with Gasteiger partial charge in [-0.05, 0) is 89.0 Å². The first-order chi connectivity index (χ1) is 43.3. The lowest BCUT2D eigenvalue weighted by Gasteiger charge is -2.22. The van der Waals surface area contributed by atoms with Gasteiger partial charge in [0, 0.05) is 51.4 Å². The first-order valence-corrected chi connectivity index (χ1v) is 30.1. The highest BCUT2D eigenvalue weighted by molar-refractivity contribution is 5.59. The molecule has 0 aromatic heterocycles. The fraction of sp³-hybridized carbons (Fsp3) is 0.200. The van der Waals surface area contributed by atoms with Gasteiger partial charge in [0.05, 0.1) is 0 Å². The molecule has 0 heterocycles. The van der Waals surface area contributed by atoms with Gasteiger partial charge < -0.3 is 37.9 Å². The molecule has 0 amide bonds. The molecule has 0 saturated heterocycles. The lowest BCUT2D eigenvalue weighted by atomic mass is 9.91. The Kier molecular flexibility index (Phi) is 22.8. The minimum Gasteiger partial charge on any atom is -0.489 e. The van der Waals surface area contributed by atoms with Gasteiger partial charge in [-0.1, -0.05) is 247 Å². The molecule has 9 rings (SSSR count). The predicted molar refractivity (Wildman–Crippen MR) is 360 cm³/mol. The minimum absolute atomic E-state index is 0.315. The van der Waals surface area contributed by atoms with E-state index in [1.165, 1.54) is 0 Å². The molecule has 88 heavy (non-hydrogen) atoms. The maximum atomic E-state index is 6.70. The Morgan fingerprint density at radius 1 is 0.182 bits per heavy atom. The Hall–Kier alpha value is -9.92. The van der Waals surface area contributed by atoms with E-state index in [2.05, 4.69) is 198 Å². The van der Waals surface area contributed by atoms with Crippen LogP contribution in [0.5, 0.6) is 46.0 Å². The van der Waals surface area contributed by atoms with Crippen molar-refractivity contribution in [2.75, 3.05) is 52.9 Å². The van der Waals surface area contributed by atoms with E-state index in [0.717, 1.165) is 135 Å². The van der Waals surface area contributed by atoms with E-state index < -0.39 is 0 Å². The molecule has 0 atom stereocenters. The smallest absolute Gasteiger partial charge is 0.126 e. The van der Waals surface area contributed by atoms with Gasteiger partial charge in [0.1, 0.15) is 98.9 Å². The summed E-state index contributed by atoms with van der Waals surface area (Å²) in [4.78, 5) is 0. The number of benzene rings is 8. The Labute approximate surface area is 521 Å². The molecule has 0 N–H and O–H groups in total. The highest BCUT2D eigenvalue weighted by Crippen LogP contribution is 2.42. The van der Waals surface area contributed by atoms with Crippen LogP contribution < -0.4 is 37.9 Å². The van der Waals surface area contributed by atoms with Crippen LogP contribution in [-0.2, 0) is 51.4 Å². The zero-order valence-corrected chi connectivity index (χ0v) is 50.7. The molecule has 8 heteroatoms. The van der Waals surface area contributed by atoms with Gasteiger partial charge in [0.25, 0.3) is 0 Å². The van der Waals surface area contributed by atoms with Gasteiger partial charge in [-0.2, -0.15) is 0 Å². The maximum Gasteiger partial charge on any atom is 0.126 e. The molecule has 0 aliphatic heterocycles. The first-order valence-electron chi connectivity index (χ1n) is 30.1. The van der Waals surface area contributed by atoms with Gasteiger partial charge in [0.2, 0.25) is 0 Å². The van der Waals surface area contributed by atoms with Gasteiger partial charge in [-0.3, -0.25) is 0 Å². The summed E-state index contributed by atoms with van der Waals surface area (Å²) < 4.78 is 53.6. The van der Waals surface area contributed by atoms with Gasteiger partial charge in [-0.15, -0.1) is 0 Å². The lowest BCUT2D eigenvalue weighted by Crippen LogP contribution is -2.09. The molecule has 0 fully saturated rings. The SMILES string of the molecule is C=CCOc1c2cccc1Cc1cccc(c1OCC=C)Cc1cccc(c1OCC=C)Cc1cccc(c1OCC=C)Cc1cccc(c1OCC=C)Cc1cccc(c1OCC=C)Cc1cccc(c1OCC=C)Cc1cccc(c1OCC=C)C2. The van der Waals surface area contributed by atoms with E-state index in [1.807, 2.05) is 0 Å². The molecular weight excluding hydrogens is 1090 g/mol. The number of fused-ring (bicyclic) bond motifs is 16. The van der Waals surface area contributed by atoms with E-state index in [1.54, 1.807) is 48.6 Å². The summed E-state index contributed by atoms with van der Waals surface area (Å²) in [6.07, 6.45) is 18.4. The van der Waals surface area contributed by atoms with Gasteiger partial charge in [0.15, 0.2) is 0 Å². The largest absolute Gasteiger partial charge is 0.489 e. The quantitative estimate of drug-likeness (QED) is 0.0554. The van der Waals surface area contributed by atoms with Crippen molar-refractivity contribution in [3.8, 4) is 46.0 Å². The molecule has 8 aromatic rings. The van der Waals surface area contributed by atoms with Crippen LogP contribution in [0, 0.1) is 0 Å².